The Morgan fingerprint density at radius 1 is 1.04 bits per heavy atom. The Hall–Kier alpha value is -1.90. The van der Waals surface area contributed by atoms with Crippen LogP contribution in [0.5, 0.6) is 0 Å². The third-order valence-electron chi connectivity index (χ3n) is 5.12. The largest absolute Gasteiger partial charge is 0.316 e. The normalized spacial score (nSPS) is 17.9. The van der Waals surface area contributed by atoms with Crippen LogP contribution in [0.1, 0.15) is 49.4 Å². The molecule has 0 saturated carbocycles. The Labute approximate surface area is 158 Å². The van der Waals surface area contributed by atoms with Crippen molar-refractivity contribution < 1.29 is 0 Å². The summed E-state index contributed by atoms with van der Waals surface area (Å²) >= 11 is 0. The van der Waals surface area contributed by atoms with Crippen molar-refractivity contribution in [1.29, 1.82) is 0 Å². The van der Waals surface area contributed by atoms with Crippen LogP contribution in [-0.2, 0) is 12.0 Å². The summed E-state index contributed by atoms with van der Waals surface area (Å²) in [5.41, 5.74) is 5.43. The first-order chi connectivity index (χ1) is 12.5. The van der Waals surface area contributed by atoms with Crippen molar-refractivity contribution in [3.63, 3.8) is 0 Å². The van der Waals surface area contributed by atoms with Crippen molar-refractivity contribution in [3.8, 4) is 0 Å². The molecule has 1 aliphatic heterocycles. The van der Waals surface area contributed by atoms with E-state index in [9.17, 15) is 0 Å². The summed E-state index contributed by atoms with van der Waals surface area (Å²) in [7, 11) is 0. The maximum atomic E-state index is 3.60. The zero-order valence-corrected chi connectivity index (χ0v) is 16.4. The second kappa shape index (κ2) is 8.66. The maximum Gasteiger partial charge on any atom is 0.0205 e. The van der Waals surface area contributed by atoms with Crippen LogP contribution < -0.4 is 10.6 Å². The van der Waals surface area contributed by atoms with Crippen LogP contribution >= 0.6 is 0 Å². The first kappa shape index (κ1) is 18.9. The second-order valence-electron chi connectivity index (χ2n) is 8.44. The molecule has 2 heteroatoms. The standard InChI is InChI=1S/C24H32N2/c1-24(2,3)23-11-9-19(10-12-23)7-8-20-5-4-6-21(15-20)16-26-18-22-13-14-25-17-22/h4-12,15,22,25-26H,13-14,16-18H2,1-3H3/b8-7-. The molecule has 3 rings (SSSR count). The van der Waals surface area contributed by atoms with E-state index in [2.05, 4.69) is 92.1 Å². The lowest BCUT2D eigenvalue weighted by Gasteiger charge is -2.18. The van der Waals surface area contributed by atoms with E-state index in [-0.39, 0.29) is 5.41 Å². The molecule has 0 radical (unpaired) electrons. The van der Waals surface area contributed by atoms with Gasteiger partial charge in [0.2, 0.25) is 0 Å². The van der Waals surface area contributed by atoms with E-state index in [0.29, 0.717) is 0 Å². The molecule has 1 heterocycles. The lowest BCUT2D eigenvalue weighted by atomic mass is 9.87. The molecule has 0 aliphatic carbocycles. The van der Waals surface area contributed by atoms with Crippen LogP contribution in [-0.4, -0.2) is 19.6 Å². The lowest BCUT2D eigenvalue weighted by molar-refractivity contribution is 0.512. The molecule has 2 N–H and O–H groups in total. The van der Waals surface area contributed by atoms with E-state index in [4.69, 9.17) is 0 Å². The van der Waals surface area contributed by atoms with Gasteiger partial charge < -0.3 is 10.6 Å². The van der Waals surface area contributed by atoms with Crippen molar-refractivity contribution in [2.75, 3.05) is 19.6 Å². The van der Waals surface area contributed by atoms with E-state index in [1.54, 1.807) is 0 Å². The van der Waals surface area contributed by atoms with Gasteiger partial charge in [0.25, 0.3) is 0 Å². The van der Waals surface area contributed by atoms with Crippen LogP contribution in [0.3, 0.4) is 0 Å². The topological polar surface area (TPSA) is 24.1 Å². The maximum absolute atomic E-state index is 3.60. The van der Waals surface area contributed by atoms with Gasteiger partial charge in [0.15, 0.2) is 0 Å². The minimum atomic E-state index is 0.206. The van der Waals surface area contributed by atoms with Crippen molar-refractivity contribution in [2.24, 2.45) is 5.92 Å². The minimum absolute atomic E-state index is 0.206. The molecule has 1 fully saturated rings. The van der Waals surface area contributed by atoms with E-state index in [1.807, 2.05) is 0 Å². The van der Waals surface area contributed by atoms with Crippen molar-refractivity contribution >= 4 is 12.2 Å². The van der Waals surface area contributed by atoms with Gasteiger partial charge in [-0.3, -0.25) is 0 Å². The molecule has 1 unspecified atom stereocenters. The zero-order chi connectivity index (χ0) is 18.4. The Morgan fingerprint density at radius 2 is 1.81 bits per heavy atom. The van der Waals surface area contributed by atoms with Gasteiger partial charge in [0.05, 0.1) is 0 Å². The molecule has 26 heavy (non-hydrogen) atoms. The minimum Gasteiger partial charge on any atom is -0.316 e. The van der Waals surface area contributed by atoms with Crippen LogP contribution in [0.15, 0.2) is 48.5 Å². The number of hydrogen-bond donors (Lipinski definition) is 2. The van der Waals surface area contributed by atoms with E-state index in [0.717, 1.165) is 25.6 Å². The quantitative estimate of drug-likeness (QED) is 0.729. The first-order valence-corrected chi connectivity index (χ1v) is 9.80. The summed E-state index contributed by atoms with van der Waals surface area (Å²) in [5.74, 6) is 0.786. The van der Waals surface area contributed by atoms with Crippen LogP contribution in [0.25, 0.3) is 12.2 Å². The highest BCUT2D eigenvalue weighted by Crippen LogP contribution is 2.22. The number of benzene rings is 2. The number of rotatable bonds is 6. The van der Waals surface area contributed by atoms with E-state index < -0.39 is 0 Å². The molecule has 138 valence electrons. The van der Waals surface area contributed by atoms with Crippen LogP contribution in [0.2, 0.25) is 0 Å². The molecule has 0 bridgehead atoms. The number of hydrogen-bond acceptors (Lipinski definition) is 2. The highest BCUT2D eigenvalue weighted by atomic mass is 14.9. The first-order valence-electron chi connectivity index (χ1n) is 9.80. The molecule has 0 amide bonds. The molecule has 0 aromatic heterocycles. The monoisotopic (exact) mass is 348 g/mol. The fraction of sp³-hybridized carbons (Fsp3) is 0.417. The van der Waals surface area contributed by atoms with Gasteiger partial charge in [-0.1, -0.05) is 81.5 Å². The molecule has 1 atom stereocenters. The highest BCUT2D eigenvalue weighted by molar-refractivity contribution is 5.70. The molecule has 2 nitrogen and oxygen atoms in total. The van der Waals surface area contributed by atoms with Crippen molar-refractivity contribution in [1.82, 2.24) is 10.6 Å². The van der Waals surface area contributed by atoms with Crippen LogP contribution in [0, 0.1) is 5.92 Å². The molecule has 1 aliphatic rings. The fourth-order valence-electron chi connectivity index (χ4n) is 3.40. The van der Waals surface area contributed by atoms with Gasteiger partial charge >= 0.3 is 0 Å². The molecule has 1 saturated heterocycles. The second-order valence-corrected chi connectivity index (χ2v) is 8.44. The summed E-state index contributed by atoms with van der Waals surface area (Å²) in [4.78, 5) is 0. The van der Waals surface area contributed by atoms with E-state index in [1.165, 1.54) is 35.2 Å². The smallest absolute Gasteiger partial charge is 0.0205 e. The Balaban J connectivity index is 1.56. The average molecular weight is 349 g/mol. The van der Waals surface area contributed by atoms with Gasteiger partial charge in [-0.2, -0.15) is 0 Å². The Bertz CT molecular complexity index is 717. The number of nitrogens with one attached hydrogen (secondary N) is 2. The summed E-state index contributed by atoms with van der Waals surface area (Å²) in [6.45, 7) is 11.1. The average Bonchev–Trinajstić information content (AvgIpc) is 3.13. The van der Waals surface area contributed by atoms with Crippen molar-refractivity contribution in [2.45, 2.75) is 39.2 Å². The molecule has 2 aromatic carbocycles. The predicted molar refractivity (Wildman–Crippen MR) is 113 cm³/mol. The Morgan fingerprint density at radius 3 is 2.50 bits per heavy atom. The predicted octanol–water partition coefficient (Wildman–Crippen LogP) is 4.85. The SMILES string of the molecule is CC(C)(C)c1ccc(/C=C\c2cccc(CNCC3CCNC3)c2)cc1. The molecule has 0 spiro atoms. The fourth-order valence-corrected chi connectivity index (χ4v) is 3.40. The van der Waals surface area contributed by atoms with Gasteiger partial charge in [-0.15, -0.1) is 0 Å². The summed E-state index contributed by atoms with van der Waals surface area (Å²) < 4.78 is 0. The molecular weight excluding hydrogens is 316 g/mol. The van der Waals surface area contributed by atoms with Gasteiger partial charge in [0, 0.05) is 6.54 Å². The molecular formula is C24H32N2. The van der Waals surface area contributed by atoms with Crippen molar-refractivity contribution in [3.05, 3.63) is 70.8 Å². The third-order valence-corrected chi connectivity index (χ3v) is 5.12. The lowest BCUT2D eigenvalue weighted by Crippen LogP contribution is -2.24. The van der Waals surface area contributed by atoms with Crippen LogP contribution in [0.4, 0.5) is 0 Å². The third kappa shape index (κ3) is 5.55. The van der Waals surface area contributed by atoms with Gasteiger partial charge in [-0.05, 0) is 59.6 Å². The van der Waals surface area contributed by atoms with Gasteiger partial charge in [0.1, 0.15) is 0 Å². The van der Waals surface area contributed by atoms with Gasteiger partial charge in [-0.25, -0.2) is 0 Å². The highest BCUT2D eigenvalue weighted by Gasteiger charge is 2.13. The molecule has 2 aromatic rings. The Kier molecular flexibility index (Phi) is 6.29. The summed E-state index contributed by atoms with van der Waals surface area (Å²) in [5, 5.41) is 7.03. The summed E-state index contributed by atoms with van der Waals surface area (Å²) in [6.07, 6.45) is 5.70. The van der Waals surface area contributed by atoms with E-state index >= 15 is 0 Å². The summed E-state index contributed by atoms with van der Waals surface area (Å²) in [6, 6.07) is 17.7. The zero-order valence-electron chi connectivity index (χ0n) is 16.4.